The van der Waals surface area contributed by atoms with Crippen molar-refractivity contribution in [1.82, 2.24) is 5.32 Å². The van der Waals surface area contributed by atoms with Gasteiger partial charge in [0.15, 0.2) is 0 Å². The van der Waals surface area contributed by atoms with Crippen molar-refractivity contribution in [2.45, 2.75) is 45.6 Å². The van der Waals surface area contributed by atoms with Gasteiger partial charge in [-0.1, -0.05) is 31.9 Å². The number of nitrogens with one attached hydrogen (secondary N) is 2. The van der Waals surface area contributed by atoms with Gasteiger partial charge in [-0.3, -0.25) is 0 Å². The fourth-order valence-electron chi connectivity index (χ4n) is 2.77. The van der Waals surface area contributed by atoms with E-state index in [1.54, 1.807) is 0 Å². The van der Waals surface area contributed by atoms with Gasteiger partial charge in [0.1, 0.15) is 0 Å². The van der Waals surface area contributed by atoms with Crippen molar-refractivity contribution < 1.29 is 4.79 Å². The third-order valence-corrected chi connectivity index (χ3v) is 4.16. The minimum atomic E-state index is -0.139. The molecule has 1 aromatic carbocycles. The largest absolute Gasteiger partial charge is 0.337 e. The maximum atomic E-state index is 11.9. The Balaban J connectivity index is 1.86. The van der Waals surface area contributed by atoms with E-state index in [0.717, 1.165) is 17.8 Å². The van der Waals surface area contributed by atoms with E-state index in [1.807, 2.05) is 31.2 Å². The number of hydrogen-bond donors (Lipinski definition) is 3. The summed E-state index contributed by atoms with van der Waals surface area (Å²) in [5, 5.41) is 5.85. The maximum Gasteiger partial charge on any atom is 0.319 e. The van der Waals surface area contributed by atoms with Crippen molar-refractivity contribution in [3.05, 3.63) is 29.8 Å². The number of urea groups is 1. The second kappa shape index (κ2) is 6.27. The third-order valence-electron chi connectivity index (χ3n) is 4.16. The zero-order valence-electron chi connectivity index (χ0n) is 12.4. The van der Waals surface area contributed by atoms with Crippen LogP contribution in [-0.4, -0.2) is 12.6 Å². The van der Waals surface area contributed by atoms with Gasteiger partial charge in [0.2, 0.25) is 0 Å². The second-order valence-corrected chi connectivity index (χ2v) is 6.24. The van der Waals surface area contributed by atoms with Gasteiger partial charge >= 0.3 is 6.03 Å². The van der Waals surface area contributed by atoms with Crippen LogP contribution >= 0.6 is 0 Å². The van der Waals surface area contributed by atoms with Crippen LogP contribution in [0.2, 0.25) is 0 Å². The Labute approximate surface area is 121 Å². The van der Waals surface area contributed by atoms with E-state index < -0.39 is 0 Å². The van der Waals surface area contributed by atoms with Crippen molar-refractivity contribution >= 4 is 11.7 Å². The molecule has 1 atom stereocenters. The van der Waals surface area contributed by atoms with Crippen LogP contribution in [0.15, 0.2) is 24.3 Å². The van der Waals surface area contributed by atoms with E-state index in [2.05, 4.69) is 17.6 Å². The van der Waals surface area contributed by atoms with Gasteiger partial charge in [-0.15, -0.1) is 0 Å². The summed E-state index contributed by atoms with van der Waals surface area (Å²) in [6.45, 7) is 4.92. The molecule has 110 valence electrons. The molecule has 1 unspecified atom stereocenters. The molecule has 1 aromatic rings. The molecule has 1 aliphatic carbocycles. The summed E-state index contributed by atoms with van der Waals surface area (Å²) in [4.78, 5) is 11.9. The summed E-state index contributed by atoms with van der Waals surface area (Å²) in [6.07, 6.45) is 4.95. The van der Waals surface area contributed by atoms with E-state index in [-0.39, 0.29) is 17.5 Å². The smallest absolute Gasteiger partial charge is 0.319 e. The highest BCUT2D eigenvalue weighted by Gasteiger charge is 2.28. The van der Waals surface area contributed by atoms with Gasteiger partial charge in [-0.2, -0.15) is 0 Å². The van der Waals surface area contributed by atoms with Crippen LogP contribution in [0, 0.1) is 5.41 Å². The lowest BCUT2D eigenvalue weighted by atomic mass is 9.89. The van der Waals surface area contributed by atoms with E-state index in [1.165, 1.54) is 25.7 Å². The van der Waals surface area contributed by atoms with Gasteiger partial charge in [-0.25, -0.2) is 4.79 Å². The van der Waals surface area contributed by atoms with Crippen LogP contribution in [0.25, 0.3) is 0 Å². The molecule has 0 radical (unpaired) electrons. The van der Waals surface area contributed by atoms with Crippen molar-refractivity contribution in [3.8, 4) is 0 Å². The summed E-state index contributed by atoms with van der Waals surface area (Å²) in [6, 6.07) is 7.50. The Morgan fingerprint density at radius 3 is 2.75 bits per heavy atom. The number of anilines is 1. The lowest BCUT2D eigenvalue weighted by Crippen LogP contribution is -2.36. The minimum absolute atomic E-state index is 0.0304. The predicted octanol–water partition coefficient (Wildman–Crippen LogP) is 3.41. The molecule has 1 fully saturated rings. The molecule has 4 N–H and O–H groups in total. The number of carbonyl (C=O) groups is 1. The Bertz CT molecular complexity index is 465. The van der Waals surface area contributed by atoms with Crippen LogP contribution in [-0.2, 0) is 0 Å². The lowest BCUT2D eigenvalue weighted by molar-refractivity contribution is 0.242. The molecule has 1 aliphatic rings. The first-order valence-electron chi connectivity index (χ1n) is 7.39. The second-order valence-electron chi connectivity index (χ2n) is 6.24. The molecule has 0 saturated heterocycles. The van der Waals surface area contributed by atoms with Gasteiger partial charge < -0.3 is 16.4 Å². The highest BCUT2D eigenvalue weighted by Crippen LogP contribution is 2.36. The molecule has 2 rings (SSSR count). The van der Waals surface area contributed by atoms with Crippen molar-refractivity contribution in [1.29, 1.82) is 0 Å². The summed E-state index contributed by atoms with van der Waals surface area (Å²) in [5.74, 6) is 0. The molecule has 0 bridgehead atoms. The number of benzene rings is 1. The molecular weight excluding hydrogens is 250 g/mol. The third kappa shape index (κ3) is 3.97. The maximum absolute atomic E-state index is 11.9. The number of hydrogen-bond acceptors (Lipinski definition) is 2. The molecule has 2 amide bonds. The zero-order valence-corrected chi connectivity index (χ0v) is 12.4. The normalized spacial score (nSPS) is 18.6. The standard InChI is InChI=1S/C16H25N3O/c1-12(17)13-6-5-7-14(10-13)19-15(20)18-11-16(2)8-3-4-9-16/h5-7,10,12H,3-4,8-9,11,17H2,1-2H3,(H2,18,19,20). The van der Waals surface area contributed by atoms with Gasteiger partial charge in [0, 0.05) is 18.3 Å². The van der Waals surface area contributed by atoms with Crippen LogP contribution in [0.5, 0.6) is 0 Å². The Hall–Kier alpha value is -1.55. The minimum Gasteiger partial charge on any atom is -0.337 e. The van der Waals surface area contributed by atoms with Crippen molar-refractivity contribution in [3.63, 3.8) is 0 Å². The van der Waals surface area contributed by atoms with Crippen LogP contribution < -0.4 is 16.4 Å². The van der Waals surface area contributed by atoms with Crippen LogP contribution in [0.4, 0.5) is 10.5 Å². The SMILES string of the molecule is CC(N)c1cccc(NC(=O)NCC2(C)CCCC2)c1. The fourth-order valence-corrected chi connectivity index (χ4v) is 2.77. The molecule has 0 aromatic heterocycles. The Morgan fingerprint density at radius 2 is 2.10 bits per heavy atom. The summed E-state index contributed by atoms with van der Waals surface area (Å²) < 4.78 is 0. The highest BCUT2D eigenvalue weighted by atomic mass is 16.2. The molecule has 1 saturated carbocycles. The molecule has 0 heterocycles. The number of amides is 2. The molecule has 4 nitrogen and oxygen atoms in total. The van der Waals surface area contributed by atoms with Gasteiger partial charge in [0.05, 0.1) is 0 Å². The number of nitrogens with two attached hydrogens (primary N) is 1. The Morgan fingerprint density at radius 1 is 1.40 bits per heavy atom. The summed E-state index contributed by atoms with van der Waals surface area (Å²) in [5.41, 5.74) is 7.92. The average molecular weight is 275 g/mol. The first-order valence-corrected chi connectivity index (χ1v) is 7.39. The molecule has 0 aliphatic heterocycles. The zero-order chi connectivity index (χ0) is 14.6. The number of rotatable bonds is 4. The van der Waals surface area contributed by atoms with Crippen LogP contribution in [0.1, 0.15) is 51.1 Å². The quantitative estimate of drug-likeness (QED) is 0.788. The summed E-state index contributed by atoms with van der Waals surface area (Å²) in [7, 11) is 0. The lowest BCUT2D eigenvalue weighted by Gasteiger charge is -2.23. The predicted molar refractivity (Wildman–Crippen MR) is 82.6 cm³/mol. The Kier molecular flexibility index (Phi) is 4.65. The van der Waals surface area contributed by atoms with Crippen LogP contribution in [0.3, 0.4) is 0 Å². The number of carbonyl (C=O) groups excluding carboxylic acids is 1. The monoisotopic (exact) mass is 275 g/mol. The van der Waals surface area contributed by atoms with Crippen molar-refractivity contribution in [2.24, 2.45) is 11.1 Å². The topological polar surface area (TPSA) is 67.1 Å². The average Bonchev–Trinajstić information content (AvgIpc) is 2.84. The van der Waals surface area contributed by atoms with E-state index in [0.29, 0.717) is 0 Å². The molecule has 0 spiro atoms. The first-order chi connectivity index (χ1) is 9.48. The fraction of sp³-hybridized carbons (Fsp3) is 0.562. The van der Waals surface area contributed by atoms with Gasteiger partial charge in [-0.05, 0) is 42.9 Å². The molecule has 4 heteroatoms. The van der Waals surface area contributed by atoms with E-state index in [4.69, 9.17) is 5.73 Å². The summed E-state index contributed by atoms with van der Waals surface area (Å²) >= 11 is 0. The highest BCUT2D eigenvalue weighted by molar-refractivity contribution is 5.89. The van der Waals surface area contributed by atoms with Crippen molar-refractivity contribution in [2.75, 3.05) is 11.9 Å². The first kappa shape index (κ1) is 14.9. The van der Waals surface area contributed by atoms with E-state index >= 15 is 0 Å². The van der Waals surface area contributed by atoms with Gasteiger partial charge in [0.25, 0.3) is 0 Å². The van der Waals surface area contributed by atoms with E-state index in [9.17, 15) is 4.79 Å². The molecule has 20 heavy (non-hydrogen) atoms. The molecular formula is C16H25N3O.